The summed E-state index contributed by atoms with van der Waals surface area (Å²) in [5.74, 6) is -1.38. The highest BCUT2D eigenvalue weighted by molar-refractivity contribution is 5.75. The van der Waals surface area contributed by atoms with E-state index in [9.17, 15) is 9.59 Å². The Kier molecular flexibility index (Phi) is 8.02. The molecule has 6 nitrogen and oxygen atoms in total. The summed E-state index contributed by atoms with van der Waals surface area (Å²) in [6, 6.07) is -0.331. The van der Waals surface area contributed by atoms with E-state index in [4.69, 9.17) is 9.84 Å². The van der Waals surface area contributed by atoms with Crippen LogP contribution in [-0.2, 0) is 9.53 Å². The van der Waals surface area contributed by atoms with Gasteiger partial charge in [0, 0.05) is 13.1 Å². The zero-order valence-electron chi connectivity index (χ0n) is 12.2. The molecule has 1 atom stereocenters. The van der Waals surface area contributed by atoms with Crippen LogP contribution in [0.5, 0.6) is 0 Å². The van der Waals surface area contributed by atoms with Crippen LogP contribution in [0.25, 0.3) is 0 Å². The van der Waals surface area contributed by atoms with Crippen molar-refractivity contribution in [3.8, 4) is 0 Å². The molecule has 0 heterocycles. The minimum atomic E-state index is -0.864. The Morgan fingerprint density at radius 2 is 2.00 bits per heavy atom. The normalized spacial score (nSPS) is 16.9. The lowest BCUT2D eigenvalue weighted by molar-refractivity contribution is -0.141. The van der Waals surface area contributed by atoms with Crippen LogP contribution in [0.3, 0.4) is 0 Å². The monoisotopic (exact) mass is 286 g/mol. The number of carbonyl (C=O) groups is 2. The van der Waals surface area contributed by atoms with Crippen molar-refractivity contribution in [3.63, 3.8) is 0 Å². The predicted molar refractivity (Wildman–Crippen MR) is 75.6 cm³/mol. The Hall–Kier alpha value is -1.30. The molecule has 1 aliphatic rings. The van der Waals surface area contributed by atoms with Gasteiger partial charge >= 0.3 is 12.0 Å². The molecule has 2 amide bonds. The zero-order valence-corrected chi connectivity index (χ0v) is 12.2. The summed E-state index contributed by atoms with van der Waals surface area (Å²) in [6.07, 6.45) is 6.39. The summed E-state index contributed by atoms with van der Waals surface area (Å²) in [6.45, 7) is 3.05. The SMILES string of the molecule is CCCC(CNC(=O)NCCOC1CCCC1)C(=O)O. The fourth-order valence-corrected chi connectivity index (χ4v) is 2.38. The lowest BCUT2D eigenvalue weighted by Crippen LogP contribution is -2.41. The summed E-state index contributed by atoms with van der Waals surface area (Å²) in [5, 5.41) is 14.2. The zero-order chi connectivity index (χ0) is 14.8. The molecule has 6 heteroatoms. The molecule has 0 aromatic heterocycles. The first-order chi connectivity index (χ1) is 9.63. The van der Waals surface area contributed by atoms with Gasteiger partial charge in [0.15, 0.2) is 0 Å². The number of amides is 2. The molecule has 0 saturated heterocycles. The Morgan fingerprint density at radius 3 is 2.60 bits per heavy atom. The molecule has 0 aromatic carbocycles. The van der Waals surface area contributed by atoms with Gasteiger partial charge in [-0.2, -0.15) is 0 Å². The molecule has 1 rings (SSSR count). The molecule has 0 aromatic rings. The minimum Gasteiger partial charge on any atom is -0.481 e. The maximum Gasteiger partial charge on any atom is 0.314 e. The van der Waals surface area contributed by atoms with Gasteiger partial charge in [0.2, 0.25) is 0 Å². The van der Waals surface area contributed by atoms with Crippen molar-refractivity contribution < 1.29 is 19.4 Å². The van der Waals surface area contributed by atoms with Crippen molar-refractivity contribution in [3.05, 3.63) is 0 Å². The summed E-state index contributed by atoms with van der Waals surface area (Å²) < 4.78 is 5.62. The molecular formula is C14H26N2O4. The molecule has 1 saturated carbocycles. The molecule has 116 valence electrons. The van der Waals surface area contributed by atoms with Gasteiger partial charge in [0.1, 0.15) is 0 Å². The second-order valence-electron chi connectivity index (χ2n) is 5.24. The summed E-state index contributed by atoms with van der Waals surface area (Å²) in [4.78, 5) is 22.4. The van der Waals surface area contributed by atoms with Crippen LogP contribution < -0.4 is 10.6 Å². The van der Waals surface area contributed by atoms with Gasteiger partial charge in [0.05, 0.1) is 18.6 Å². The number of hydrogen-bond donors (Lipinski definition) is 3. The standard InChI is InChI=1S/C14H26N2O4/c1-2-5-11(13(17)18)10-16-14(19)15-8-9-20-12-6-3-4-7-12/h11-12H,2-10H2,1H3,(H,17,18)(H2,15,16,19). The number of carboxylic acid groups (broad SMARTS) is 1. The summed E-state index contributed by atoms with van der Waals surface area (Å²) in [7, 11) is 0. The Morgan fingerprint density at radius 1 is 1.30 bits per heavy atom. The van der Waals surface area contributed by atoms with Gasteiger partial charge in [-0.3, -0.25) is 4.79 Å². The average molecular weight is 286 g/mol. The van der Waals surface area contributed by atoms with E-state index in [-0.39, 0.29) is 12.6 Å². The Labute approximate surface area is 120 Å². The van der Waals surface area contributed by atoms with Gasteiger partial charge in [-0.05, 0) is 19.3 Å². The van der Waals surface area contributed by atoms with E-state index < -0.39 is 11.9 Å². The van der Waals surface area contributed by atoms with Crippen molar-refractivity contribution in [1.29, 1.82) is 0 Å². The third-order valence-corrected chi connectivity index (χ3v) is 3.54. The number of nitrogens with one attached hydrogen (secondary N) is 2. The van der Waals surface area contributed by atoms with Crippen molar-refractivity contribution in [2.45, 2.75) is 51.6 Å². The molecule has 3 N–H and O–H groups in total. The third-order valence-electron chi connectivity index (χ3n) is 3.54. The summed E-state index contributed by atoms with van der Waals surface area (Å²) in [5.41, 5.74) is 0. The molecule has 0 aliphatic heterocycles. The fraction of sp³-hybridized carbons (Fsp3) is 0.857. The lowest BCUT2D eigenvalue weighted by atomic mass is 10.0. The molecule has 1 aliphatic carbocycles. The number of rotatable bonds is 9. The van der Waals surface area contributed by atoms with Crippen LogP contribution in [0, 0.1) is 5.92 Å². The number of urea groups is 1. The highest BCUT2D eigenvalue weighted by atomic mass is 16.5. The highest BCUT2D eigenvalue weighted by Gasteiger charge is 2.17. The van der Waals surface area contributed by atoms with Crippen molar-refractivity contribution in [2.75, 3.05) is 19.7 Å². The second kappa shape index (κ2) is 9.58. The van der Waals surface area contributed by atoms with Crippen LogP contribution in [-0.4, -0.2) is 42.9 Å². The van der Waals surface area contributed by atoms with Crippen molar-refractivity contribution in [2.24, 2.45) is 5.92 Å². The van der Waals surface area contributed by atoms with E-state index in [0.717, 1.165) is 19.3 Å². The molecule has 1 unspecified atom stereocenters. The van der Waals surface area contributed by atoms with Crippen LogP contribution in [0.4, 0.5) is 4.79 Å². The Bertz CT molecular complexity index is 304. The van der Waals surface area contributed by atoms with Gasteiger partial charge < -0.3 is 20.5 Å². The molecule has 0 spiro atoms. The van der Waals surface area contributed by atoms with E-state index in [1.807, 2.05) is 6.92 Å². The van der Waals surface area contributed by atoms with Crippen LogP contribution in [0.1, 0.15) is 45.4 Å². The molecule has 20 heavy (non-hydrogen) atoms. The van der Waals surface area contributed by atoms with Crippen LogP contribution >= 0.6 is 0 Å². The number of carbonyl (C=O) groups excluding carboxylic acids is 1. The van der Waals surface area contributed by atoms with Gasteiger partial charge in [-0.15, -0.1) is 0 Å². The molecule has 1 fully saturated rings. The van der Waals surface area contributed by atoms with Crippen LogP contribution in [0.2, 0.25) is 0 Å². The molecule has 0 radical (unpaired) electrons. The summed E-state index contributed by atoms with van der Waals surface area (Å²) >= 11 is 0. The number of ether oxygens (including phenoxy) is 1. The quantitative estimate of drug-likeness (QED) is 0.563. The Balaban J connectivity index is 2.05. The largest absolute Gasteiger partial charge is 0.481 e. The fourth-order valence-electron chi connectivity index (χ4n) is 2.38. The first-order valence-corrected chi connectivity index (χ1v) is 7.49. The maximum atomic E-state index is 11.5. The smallest absolute Gasteiger partial charge is 0.314 e. The van der Waals surface area contributed by atoms with E-state index >= 15 is 0 Å². The number of aliphatic carboxylic acids is 1. The average Bonchev–Trinajstić information content (AvgIpc) is 2.92. The molecule has 0 bridgehead atoms. The number of carboxylic acids is 1. The minimum absolute atomic E-state index is 0.165. The van der Waals surface area contributed by atoms with Crippen molar-refractivity contribution in [1.82, 2.24) is 10.6 Å². The first kappa shape index (κ1) is 16.8. The van der Waals surface area contributed by atoms with Gasteiger partial charge in [0.25, 0.3) is 0 Å². The van der Waals surface area contributed by atoms with Crippen molar-refractivity contribution >= 4 is 12.0 Å². The topological polar surface area (TPSA) is 87.7 Å². The van der Waals surface area contributed by atoms with Gasteiger partial charge in [-0.25, -0.2) is 4.79 Å². The third kappa shape index (κ3) is 6.75. The van der Waals surface area contributed by atoms with Crippen LogP contribution in [0.15, 0.2) is 0 Å². The lowest BCUT2D eigenvalue weighted by Gasteiger charge is -2.14. The second-order valence-corrected chi connectivity index (χ2v) is 5.24. The number of hydrogen-bond acceptors (Lipinski definition) is 3. The maximum absolute atomic E-state index is 11.5. The van der Waals surface area contributed by atoms with E-state index in [2.05, 4.69) is 10.6 Å². The van der Waals surface area contributed by atoms with E-state index in [1.54, 1.807) is 0 Å². The highest BCUT2D eigenvalue weighted by Crippen LogP contribution is 2.20. The molecular weight excluding hydrogens is 260 g/mol. The predicted octanol–water partition coefficient (Wildman–Crippen LogP) is 1.75. The first-order valence-electron chi connectivity index (χ1n) is 7.49. The van der Waals surface area contributed by atoms with Gasteiger partial charge in [-0.1, -0.05) is 26.2 Å². The van der Waals surface area contributed by atoms with E-state index in [1.165, 1.54) is 12.8 Å². The van der Waals surface area contributed by atoms with E-state index in [0.29, 0.717) is 25.7 Å².